The van der Waals surface area contributed by atoms with E-state index in [1.54, 1.807) is 0 Å². The van der Waals surface area contributed by atoms with Gasteiger partial charge < -0.3 is 10.4 Å². The van der Waals surface area contributed by atoms with Crippen molar-refractivity contribution in [3.63, 3.8) is 0 Å². The van der Waals surface area contributed by atoms with Crippen LogP contribution in [-0.4, -0.2) is 55.1 Å². The third kappa shape index (κ3) is 3.14. The quantitative estimate of drug-likeness (QED) is 0.634. The van der Waals surface area contributed by atoms with Crippen LogP contribution in [0, 0.1) is 0 Å². The van der Waals surface area contributed by atoms with Crippen LogP contribution in [0.4, 0.5) is 0 Å². The summed E-state index contributed by atoms with van der Waals surface area (Å²) in [4.78, 5) is 10.9. The van der Waals surface area contributed by atoms with Crippen LogP contribution in [0.3, 0.4) is 0 Å². The number of nitrogens with one attached hydrogen (secondary N) is 1. The summed E-state index contributed by atoms with van der Waals surface area (Å²) in [6, 6.07) is 0. The first-order valence-electron chi connectivity index (χ1n) is 4.15. The van der Waals surface area contributed by atoms with Gasteiger partial charge >= 0.3 is 0 Å². The van der Waals surface area contributed by atoms with Crippen molar-refractivity contribution in [2.24, 2.45) is 0 Å². The van der Waals surface area contributed by atoms with Gasteiger partial charge in [-0.25, -0.2) is 8.42 Å². The maximum Gasteiger partial charge on any atom is 0.229 e. The minimum atomic E-state index is -3.10. The van der Waals surface area contributed by atoms with E-state index in [9.17, 15) is 18.3 Å². The second-order valence-electron chi connectivity index (χ2n) is 3.17. The molecule has 0 bridgehead atoms. The Morgan fingerprint density at radius 1 is 1.57 bits per heavy atom. The van der Waals surface area contributed by atoms with Crippen molar-refractivity contribution in [3.8, 4) is 0 Å². The van der Waals surface area contributed by atoms with Crippen molar-refractivity contribution in [1.82, 2.24) is 5.32 Å². The lowest BCUT2D eigenvalue weighted by atomic mass is 10.3. The van der Waals surface area contributed by atoms with E-state index in [0.29, 0.717) is 0 Å². The molecule has 14 heavy (non-hydrogen) atoms. The number of carbonyl (C=O) groups is 1. The van der Waals surface area contributed by atoms with Crippen LogP contribution in [0.1, 0.15) is 0 Å². The molecule has 2 N–H and O–H groups in total. The van der Waals surface area contributed by atoms with Gasteiger partial charge in [-0.3, -0.25) is 4.79 Å². The van der Waals surface area contributed by atoms with E-state index < -0.39 is 15.9 Å². The number of thioether (sulfide) groups is 1. The van der Waals surface area contributed by atoms with Crippen LogP contribution < -0.4 is 5.32 Å². The molecule has 0 radical (unpaired) electrons. The molecule has 0 aliphatic carbocycles. The molecular weight excluding hydrogens is 226 g/mol. The molecule has 0 aromatic carbocycles. The lowest BCUT2D eigenvalue weighted by Gasteiger charge is -2.10. The fourth-order valence-electron chi connectivity index (χ4n) is 1.21. The van der Waals surface area contributed by atoms with Crippen LogP contribution in [0.25, 0.3) is 0 Å². The van der Waals surface area contributed by atoms with Crippen LogP contribution in [0.5, 0.6) is 0 Å². The standard InChI is InChI=1S/C7H13NO4S2/c1-8-7(10)2-13-6-4-14(11,12)3-5(6)9/h5-6,9H,2-4H2,1H3,(H,8,10). The van der Waals surface area contributed by atoms with E-state index in [2.05, 4.69) is 5.32 Å². The predicted molar refractivity (Wildman–Crippen MR) is 55.0 cm³/mol. The molecule has 0 spiro atoms. The number of aliphatic hydroxyl groups is 1. The molecule has 2 atom stereocenters. The highest BCUT2D eigenvalue weighted by Gasteiger charge is 2.36. The number of aliphatic hydroxyl groups excluding tert-OH is 1. The van der Waals surface area contributed by atoms with E-state index in [4.69, 9.17) is 0 Å². The fourth-order valence-corrected chi connectivity index (χ4v) is 4.78. The highest BCUT2D eigenvalue weighted by molar-refractivity contribution is 8.02. The monoisotopic (exact) mass is 239 g/mol. The molecule has 1 amide bonds. The lowest BCUT2D eigenvalue weighted by molar-refractivity contribution is -0.118. The molecule has 0 saturated carbocycles. The number of rotatable bonds is 3. The molecular formula is C7H13NO4S2. The maximum absolute atomic E-state index is 11.1. The molecule has 1 fully saturated rings. The zero-order valence-electron chi connectivity index (χ0n) is 7.76. The average Bonchev–Trinajstić information content (AvgIpc) is 2.35. The van der Waals surface area contributed by atoms with Crippen molar-refractivity contribution in [1.29, 1.82) is 0 Å². The SMILES string of the molecule is CNC(=O)CSC1CS(=O)(=O)CC1O. The summed E-state index contributed by atoms with van der Waals surface area (Å²) in [7, 11) is -1.58. The topological polar surface area (TPSA) is 83.5 Å². The Kier molecular flexibility index (Phi) is 3.79. The van der Waals surface area contributed by atoms with Gasteiger partial charge in [-0.1, -0.05) is 0 Å². The van der Waals surface area contributed by atoms with Crippen molar-refractivity contribution in [2.75, 3.05) is 24.3 Å². The zero-order valence-corrected chi connectivity index (χ0v) is 9.40. The Morgan fingerprint density at radius 3 is 2.64 bits per heavy atom. The molecule has 0 aromatic rings. The maximum atomic E-state index is 11.1. The van der Waals surface area contributed by atoms with Gasteiger partial charge in [0.2, 0.25) is 5.91 Å². The largest absolute Gasteiger partial charge is 0.391 e. The van der Waals surface area contributed by atoms with Crippen LogP contribution in [0.15, 0.2) is 0 Å². The number of hydrogen-bond donors (Lipinski definition) is 2. The highest BCUT2D eigenvalue weighted by atomic mass is 32.2. The first-order chi connectivity index (χ1) is 6.44. The van der Waals surface area contributed by atoms with Gasteiger partial charge in [0, 0.05) is 12.3 Å². The number of hydrogen-bond acceptors (Lipinski definition) is 5. The molecule has 1 aliphatic heterocycles. The highest BCUT2D eigenvalue weighted by Crippen LogP contribution is 2.24. The van der Waals surface area contributed by atoms with Gasteiger partial charge in [-0.2, -0.15) is 0 Å². The summed E-state index contributed by atoms with van der Waals surface area (Å²) in [5.41, 5.74) is 0. The zero-order chi connectivity index (χ0) is 10.8. The van der Waals surface area contributed by atoms with Gasteiger partial charge in [0.15, 0.2) is 9.84 Å². The number of sulfone groups is 1. The summed E-state index contributed by atoms with van der Waals surface area (Å²) in [5, 5.41) is 11.4. The minimum absolute atomic E-state index is 0.0319. The van der Waals surface area contributed by atoms with E-state index in [1.165, 1.54) is 18.8 Å². The van der Waals surface area contributed by atoms with Crippen molar-refractivity contribution in [2.45, 2.75) is 11.4 Å². The first kappa shape index (κ1) is 11.8. The van der Waals surface area contributed by atoms with Crippen LogP contribution in [-0.2, 0) is 14.6 Å². The molecule has 1 heterocycles. The molecule has 0 aromatic heterocycles. The summed E-state index contributed by atoms with van der Waals surface area (Å²) < 4.78 is 22.2. The smallest absolute Gasteiger partial charge is 0.229 e. The first-order valence-corrected chi connectivity index (χ1v) is 7.02. The summed E-state index contributed by atoms with van der Waals surface area (Å²) in [6.07, 6.45) is -0.838. The van der Waals surface area contributed by atoms with Crippen molar-refractivity contribution >= 4 is 27.5 Å². The third-order valence-electron chi connectivity index (χ3n) is 1.98. The van der Waals surface area contributed by atoms with E-state index in [-0.39, 0.29) is 28.4 Å². The van der Waals surface area contributed by atoms with E-state index >= 15 is 0 Å². The Hall–Kier alpha value is -0.270. The Labute approximate surface area is 87.2 Å². The molecule has 1 aliphatic rings. The molecule has 7 heteroatoms. The van der Waals surface area contributed by atoms with Gasteiger partial charge in [0.25, 0.3) is 0 Å². The molecule has 82 valence electrons. The summed E-state index contributed by atoms with van der Waals surface area (Å²) >= 11 is 1.19. The van der Waals surface area contributed by atoms with Crippen molar-refractivity contribution < 1.29 is 18.3 Å². The molecule has 5 nitrogen and oxygen atoms in total. The Bertz CT molecular complexity index is 314. The predicted octanol–water partition coefficient (Wildman–Crippen LogP) is -1.38. The van der Waals surface area contributed by atoms with Gasteiger partial charge in [-0.15, -0.1) is 11.8 Å². The minimum Gasteiger partial charge on any atom is -0.391 e. The summed E-state index contributed by atoms with van der Waals surface area (Å²) in [5.74, 6) is -0.186. The summed E-state index contributed by atoms with van der Waals surface area (Å²) in [6.45, 7) is 0. The number of carbonyl (C=O) groups excluding carboxylic acids is 1. The lowest BCUT2D eigenvalue weighted by Crippen LogP contribution is -2.25. The van der Waals surface area contributed by atoms with Gasteiger partial charge in [0.05, 0.1) is 23.4 Å². The Morgan fingerprint density at radius 2 is 2.21 bits per heavy atom. The molecule has 2 unspecified atom stereocenters. The van der Waals surface area contributed by atoms with E-state index in [1.807, 2.05) is 0 Å². The number of amides is 1. The van der Waals surface area contributed by atoms with Crippen LogP contribution >= 0.6 is 11.8 Å². The van der Waals surface area contributed by atoms with Crippen LogP contribution in [0.2, 0.25) is 0 Å². The normalized spacial score (nSPS) is 30.1. The third-order valence-corrected chi connectivity index (χ3v) is 5.24. The average molecular weight is 239 g/mol. The Balaban J connectivity index is 2.44. The second-order valence-corrected chi connectivity index (χ2v) is 6.55. The second kappa shape index (κ2) is 4.50. The fraction of sp³-hybridized carbons (Fsp3) is 0.857. The molecule has 1 saturated heterocycles. The van der Waals surface area contributed by atoms with Gasteiger partial charge in [-0.05, 0) is 0 Å². The van der Waals surface area contributed by atoms with E-state index in [0.717, 1.165) is 0 Å². The molecule has 1 rings (SSSR count). The van der Waals surface area contributed by atoms with Gasteiger partial charge in [0.1, 0.15) is 0 Å². The van der Waals surface area contributed by atoms with Crippen molar-refractivity contribution in [3.05, 3.63) is 0 Å².